The first-order valence-corrected chi connectivity index (χ1v) is 6.46. The van der Waals surface area contributed by atoms with Gasteiger partial charge in [0, 0.05) is 25.1 Å². The normalized spacial score (nSPS) is 12.1. The molecule has 19 heavy (non-hydrogen) atoms. The standard InChI is InChI=1S/C13H21N3O3/c1-9(7-13(18)19)6-12(17)14-5-3-4-11-8-15-16-10(11)2/h8-9H,3-7H2,1-2H3,(H,14,17)(H,15,16)(H,18,19). The minimum atomic E-state index is -0.865. The summed E-state index contributed by atoms with van der Waals surface area (Å²) in [5.41, 5.74) is 2.22. The lowest BCUT2D eigenvalue weighted by molar-refractivity contribution is -0.138. The summed E-state index contributed by atoms with van der Waals surface area (Å²) in [7, 11) is 0. The molecule has 0 aliphatic heterocycles. The second-order valence-electron chi connectivity index (χ2n) is 4.88. The third-order valence-electron chi connectivity index (χ3n) is 2.94. The van der Waals surface area contributed by atoms with E-state index in [1.165, 1.54) is 0 Å². The molecule has 1 unspecified atom stereocenters. The van der Waals surface area contributed by atoms with Crippen LogP contribution >= 0.6 is 0 Å². The van der Waals surface area contributed by atoms with E-state index < -0.39 is 5.97 Å². The van der Waals surface area contributed by atoms with Crippen molar-refractivity contribution in [3.05, 3.63) is 17.5 Å². The van der Waals surface area contributed by atoms with Gasteiger partial charge < -0.3 is 10.4 Å². The fraction of sp³-hybridized carbons (Fsp3) is 0.615. The molecule has 0 saturated heterocycles. The number of carbonyl (C=O) groups excluding carboxylic acids is 1. The zero-order valence-corrected chi connectivity index (χ0v) is 11.4. The van der Waals surface area contributed by atoms with Crippen LogP contribution < -0.4 is 5.32 Å². The number of hydrogen-bond acceptors (Lipinski definition) is 3. The van der Waals surface area contributed by atoms with E-state index in [1.54, 1.807) is 13.1 Å². The van der Waals surface area contributed by atoms with Crippen molar-refractivity contribution in [2.75, 3.05) is 6.54 Å². The molecule has 0 aliphatic rings. The average Bonchev–Trinajstić information content (AvgIpc) is 2.69. The lowest BCUT2D eigenvalue weighted by atomic mass is 10.0. The first kappa shape index (κ1) is 15.2. The van der Waals surface area contributed by atoms with E-state index >= 15 is 0 Å². The lowest BCUT2D eigenvalue weighted by Crippen LogP contribution is -2.26. The predicted octanol–water partition coefficient (Wildman–Crippen LogP) is 1.27. The number of rotatable bonds is 8. The molecule has 1 heterocycles. The van der Waals surface area contributed by atoms with Crippen LogP contribution in [0.15, 0.2) is 6.20 Å². The SMILES string of the molecule is Cc1[nH]ncc1CCCNC(=O)CC(C)CC(=O)O. The first-order valence-electron chi connectivity index (χ1n) is 6.46. The van der Waals surface area contributed by atoms with Gasteiger partial charge in [0.25, 0.3) is 0 Å². The molecule has 1 atom stereocenters. The largest absolute Gasteiger partial charge is 0.481 e. The van der Waals surface area contributed by atoms with Crippen LogP contribution in [-0.2, 0) is 16.0 Å². The Bertz CT molecular complexity index is 429. The summed E-state index contributed by atoms with van der Waals surface area (Å²) in [6.45, 7) is 4.33. The number of carboxylic acids is 1. The molecule has 1 amide bonds. The number of nitrogens with zero attached hydrogens (tertiary/aromatic N) is 1. The molecular formula is C13H21N3O3. The molecular weight excluding hydrogens is 246 g/mol. The number of aromatic nitrogens is 2. The van der Waals surface area contributed by atoms with Crippen molar-refractivity contribution in [1.29, 1.82) is 0 Å². The topological polar surface area (TPSA) is 95.1 Å². The van der Waals surface area contributed by atoms with Crippen molar-refractivity contribution in [1.82, 2.24) is 15.5 Å². The summed E-state index contributed by atoms with van der Waals surface area (Å²) in [4.78, 5) is 22.0. The number of aryl methyl sites for hydroxylation is 2. The van der Waals surface area contributed by atoms with Crippen molar-refractivity contribution >= 4 is 11.9 Å². The molecule has 3 N–H and O–H groups in total. The van der Waals surface area contributed by atoms with Crippen LogP contribution in [0.2, 0.25) is 0 Å². The summed E-state index contributed by atoms with van der Waals surface area (Å²) < 4.78 is 0. The van der Waals surface area contributed by atoms with Crippen molar-refractivity contribution in [2.24, 2.45) is 5.92 Å². The Balaban J connectivity index is 2.14. The molecule has 6 heteroatoms. The molecule has 0 bridgehead atoms. The third kappa shape index (κ3) is 6.03. The van der Waals surface area contributed by atoms with Gasteiger partial charge in [-0.05, 0) is 31.2 Å². The fourth-order valence-electron chi connectivity index (χ4n) is 1.89. The maximum absolute atomic E-state index is 11.5. The Labute approximate surface area is 112 Å². The number of carbonyl (C=O) groups is 2. The number of amides is 1. The monoisotopic (exact) mass is 267 g/mol. The van der Waals surface area contributed by atoms with Crippen LogP contribution in [0.4, 0.5) is 0 Å². The highest BCUT2D eigenvalue weighted by molar-refractivity contribution is 5.77. The predicted molar refractivity (Wildman–Crippen MR) is 70.7 cm³/mol. The van der Waals surface area contributed by atoms with Gasteiger partial charge in [0.15, 0.2) is 0 Å². The second-order valence-corrected chi connectivity index (χ2v) is 4.88. The Kier molecular flexibility index (Phi) is 6.05. The van der Waals surface area contributed by atoms with Gasteiger partial charge in [-0.3, -0.25) is 14.7 Å². The van der Waals surface area contributed by atoms with E-state index in [2.05, 4.69) is 15.5 Å². The van der Waals surface area contributed by atoms with E-state index in [0.29, 0.717) is 6.54 Å². The van der Waals surface area contributed by atoms with Crippen molar-refractivity contribution < 1.29 is 14.7 Å². The van der Waals surface area contributed by atoms with Crippen LogP contribution in [0, 0.1) is 12.8 Å². The maximum atomic E-state index is 11.5. The molecule has 1 rings (SSSR count). The minimum absolute atomic E-state index is 0.0294. The Morgan fingerprint density at radius 2 is 2.21 bits per heavy atom. The molecule has 1 aromatic heterocycles. The summed E-state index contributed by atoms with van der Waals surface area (Å²) in [6.07, 6.45) is 3.80. The lowest BCUT2D eigenvalue weighted by Gasteiger charge is -2.09. The fourth-order valence-corrected chi connectivity index (χ4v) is 1.89. The van der Waals surface area contributed by atoms with Gasteiger partial charge in [0.1, 0.15) is 0 Å². The molecule has 0 radical (unpaired) electrons. The molecule has 0 spiro atoms. The molecule has 0 aliphatic carbocycles. The highest BCUT2D eigenvalue weighted by Crippen LogP contribution is 2.07. The Hall–Kier alpha value is -1.85. The number of aromatic amines is 1. The highest BCUT2D eigenvalue weighted by atomic mass is 16.4. The quantitative estimate of drug-likeness (QED) is 0.618. The van der Waals surface area contributed by atoms with Gasteiger partial charge in [-0.15, -0.1) is 0 Å². The average molecular weight is 267 g/mol. The van der Waals surface area contributed by atoms with E-state index in [0.717, 1.165) is 24.1 Å². The van der Waals surface area contributed by atoms with Crippen LogP contribution in [0.3, 0.4) is 0 Å². The molecule has 106 valence electrons. The summed E-state index contributed by atoms with van der Waals surface area (Å²) in [6, 6.07) is 0. The Morgan fingerprint density at radius 3 is 2.79 bits per heavy atom. The molecule has 0 fully saturated rings. The summed E-state index contributed by atoms with van der Waals surface area (Å²) >= 11 is 0. The first-order chi connectivity index (χ1) is 8.99. The van der Waals surface area contributed by atoms with Crippen molar-refractivity contribution in [3.63, 3.8) is 0 Å². The van der Waals surface area contributed by atoms with E-state index in [4.69, 9.17) is 5.11 Å². The zero-order valence-electron chi connectivity index (χ0n) is 11.4. The maximum Gasteiger partial charge on any atom is 0.303 e. The summed E-state index contributed by atoms with van der Waals surface area (Å²) in [5, 5.41) is 18.2. The molecule has 0 saturated carbocycles. The Morgan fingerprint density at radius 1 is 1.47 bits per heavy atom. The van der Waals surface area contributed by atoms with E-state index in [1.807, 2.05) is 6.92 Å². The van der Waals surface area contributed by atoms with Gasteiger partial charge in [-0.2, -0.15) is 5.10 Å². The van der Waals surface area contributed by atoms with Crippen LogP contribution in [0.5, 0.6) is 0 Å². The van der Waals surface area contributed by atoms with Crippen molar-refractivity contribution in [2.45, 2.75) is 39.5 Å². The van der Waals surface area contributed by atoms with Gasteiger partial charge in [-0.25, -0.2) is 0 Å². The molecule has 0 aromatic carbocycles. The van der Waals surface area contributed by atoms with Crippen LogP contribution in [0.25, 0.3) is 0 Å². The van der Waals surface area contributed by atoms with E-state index in [9.17, 15) is 9.59 Å². The number of H-pyrrole nitrogens is 1. The number of nitrogens with one attached hydrogen (secondary N) is 2. The van der Waals surface area contributed by atoms with Crippen LogP contribution in [0.1, 0.15) is 37.4 Å². The van der Waals surface area contributed by atoms with Crippen molar-refractivity contribution in [3.8, 4) is 0 Å². The van der Waals surface area contributed by atoms with Crippen LogP contribution in [-0.4, -0.2) is 33.7 Å². The number of aliphatic carboxylic acids is 1. The highest BCUT2D eigenvalue weighted by Gasteiger charge is 2.12. The molecule has 6 nitrogen and oxygen atoms in total. The van der Waals surface area contributed by atoms with Gasteiger partial charge in [-0.1, -0.05) is 6.92 Å². The van der Waals surface area contributed by atoms with Gasteiger partial charge in [0.05, 0.1) is 6.20 Å². The summed E-state index contributed by atoms with van der Waals surface area (Å²) in [5.74, 6) is -1.08. The smallest absolute Gasteiger partial charge is 0.303 e. The molecule has 1 aromatic rings. The number of carboxylic acid groups (broad SMARTS) is 1. The second kappa shape index (κ2) is 7.56. The van der Waals surface area contributed by atoms with Gasteiger partial charge >= 0.3 is 5.97 Å². The minimum Gasteiger partial charge on any atom is -0.481 e. The zero-order chi connectivity index (χ0) is 14.3. The van der Waals surface area contributed by atoms with Gasteiger partial charge in [0.2, 0.25) is 5.91 Å². The third-order valence-corrected chi connectivity index (χ3v) is 2.94. The van der Waals surface area contributed by atoms with E-state index in [-0.39, 0.29) is 24.7 Å². The number of hydrogen-bond donors (Lipinski definition) is 3.